The Labute approximate surface area is 152 Å². The molecule has 5 heteroatoms. The third-order valence-electron chi connectivity index (χ3n) is 5.02. The number of anilines is 1. The first kappa shape index (κ1) is 15.3. The highest BCUT2D eigenvalue weighted by Gasteiger charge is 2.23. The summed E-state index contributed by atoms with van der Waals surface area (Å²) in [4.78, 5) is 0. The SMILES string of the molecule is Cc1cccc(-n2nc(-c3ccc4c(c3)OCO4)c3c2NCCCC3)c1. The van der Waals surface area contributed by atoms with Gasteiger partial charge < -0.3 is 14.8 Å². The van der Waals surface area contributed by atoms with Crippen LogP contribution in [0.5, 0.6) is 11.5 Å². The van der Waals surface area contributed by atoms with E-state index in [9.17, 15) is 0 Å². The zero-order chi connectivity index (χ0) is 17.5. The minimum absolute atomic E-state index is 0.288. The number of hydrogen-bond donors (Lipinski definition) is 1. The molecule has 1 aromatic heterocycles. The summed E-state index contributed by atoms with van der Waals surface area (Å²) in [5, 5.41) is 8.60. The summed E-state index contributed by atoms with van der Waals surface area (Å²) < 4.78 is 13.1. The molecule has 0 saturated heterocycles. The first-order valence-electron chi connectivity index (χ1n) is 9.12. The van der Waals surface area contributed by atoms with Crippen LogP contribution in [0.4, 0.5) is 5.82 Å². The van der Waals surface area contributed by atoms with E-state index in [0.29, 0.717) is 0 Å². The van der Waals surface area contributed by atoms with Gasteiger partial charge in [0.1, 0.15) is 5.82 Å². The molecule has 0 radical (unpaired) electrons. The van der Waals surface area contributed by atoms with Crippen LogP contribution in [0.25, 0.3) is 16.9 Å². The van der Waals surface area contributed by atoms with Crippen LogP contribution >= 0.6 is 0 Å². The molecule has 0 amide bonds. The summed E-state index contributed by atoms with van der Waals surface area (Å²) in [7, 11) is 0. The molecule has 0 bridgehead atoms. The van der Waals surface area contributed by atoms with Crippen LogP contribution in [0, 0.1) is 6.92 Å². The number of ether oxygens (including phenoxy) is 2. The number of fused-ring (bicyclic) bond motifs is 2. The van der Waals surface area contributed by atoms with Crippen LogP contribution in [-0.2, 0) is 6.42 Å². The average molecular weight is 347 g/mol. The lowest BCUT2D eigenvalue weighted by molar-refractivity contribution is 0.174. The van der Waals surface area contributed by atoms with Gasteiger partial charge in [-0.1, -0.05) is 12.1 Å². The second kappa shape index (κ2) is 6.09. The molecular formula is C21H21N3O2. The van der Waals surface area contributed by atoms with Crippen molar-refractivity contribution in [3.63, 3.8) is 0 Å². The fourth-order valence-corrected chi connectivity index (χ4v) is 3.72. The highest BCUT2D eigenvalue weighted by Crippen LogP contribution is 2.39. The molecule has 3 aromatic rings. The Kier molecular flexibility index (Phi) is 3.59. The van der Waals surface area contributed by atoms with Crippen LogP contribution < -0.4 is 14.8 Å². The largest absolute Gasteiger partial charge is 0.454 e. The summed E-state index contributed by atoms with van der Waals surface area (Å²) in [5.41, 5.74) is 5.69. The van der Waals surface area contributed by atoms with Crippen molar-refractivity contribution in [3.05, 3.63) is 53.6 Å². The van der Waals surface area contributed by atoms with E-state index in [1.807, 2.05) is 16.8 Å². The van der Waals surface area contributed by atoms with E-state index in [1.165, 1.54) is 17.5 Å². The van der Waals surface area contributed by atoms with Crippen LogP contribution in [0.3, 0.4) is 0 Å². The van der Waals surface area contributed by atoms with Crippen LogP contribution in [0.1, 0.15) is 24.0 Å². The fraction of sp³-hybridized carbons (Fsp3) is 0.286. The highest BCUT2D eigenvalue weighted by atomic mass is 16.7. The number of nitrogens with one attached hydrogen (secondary N) is 1. The van der Waals surface area contributed by atoms with Crippen molar-refractivity contribution in [2.45, 2.75) is 26.2 Å². The van der Waals surface area contributed by atoms with Gasteiger partial charge >= 0.3 is 0 Å². The average Bonchev–Trinajstić information content (AvgIpc) is 3.18. The fourth-order valence-electron chi connectivity index (χ4n) is 3.72. The standard InChI is InChI=1S/C21H21N3O2/c1-14-5-4-6-16(11-14)24-21-17(7-2-3-10-22-21)20(23-24)15-8-9-18-19(12-15)26-13-25-18/h4-6,8-9,11-12,22H,2-3,7,10,13H2,1H3. The molecule has 26 heavy (non-hydrogen) atoms. The quantitative estimate of drug-likeness (QED) is 0.750. The number of nitrogens with zero attached hydrogens (tertiary/aromatic N) is 2. The Hall–Kier alpha value is -2.95. The summed E-state index contributed by atoms with van der Waals surface area (Å²) in [6.07, 6.45) is 3.36. The van der Waals surface area contributed by atoms with Crippen LogP contribution in [0.15, 0.2) is 42.5 Å². The van der Waals surface area contributed by atoms with Crippen LogP contribution in [-0.4, -0.2) is 23.1 Å². The molecule has 5 nitrogen and oxygen atoms in total. The number of rotatable bonds is 2. The molecule has 0 fully saturated rings. The van der Waals surface area contributed by atoms with Crippen molar-refractivity contribution >= 4 is 5.82 Å². The van der Waals surface area contributed by atoms with E-state index < -0.39 is 0 Å². The molecule has 2 aliphatic heterocycles. The van der Waals surface area contributed by atoms with Gasteiger partial charge in [-0.25, -0.2) is 4.68 Å². The Morgan fingerprint density at radius 3 is 2.88 bits per heavy atom. The molecule has 0 spiro atoms. The third kappa shape index (κ3) is 2.51. The first-order valence-corrected chi connectivity index (χ1v) is 9.12. The predicted molar refractivity (Wildman–Crippen MR) is 101 cm³/mol. The Bertz CT molecular complexity index is 977. The van der Waals surface area contributed by atoms with Crippen molar-refractivity contribution in [1.29, 1.82) is 0 Å². The summed E-state index contributed by atoms with van der Waals surface area (Å²) >= 11 is 0. The van der Waals surface area contributed by atoms with Gasteiger partial charge in [0.25, 0.3) is 0 Å². The second-order valence-corrected chi connectivity index (χ2v) is 6.88. The predicted octanol–water partition coefficient (Wildman–Crippen LogP) is 4.32. The maximum absolute atomic E-state index is 5.56. The number of aromatic nitrogens is 2. The van der Waals surface area contributed by atoms with Crippen molar-refractivity contribution in [3.8, 4) is 28.4 Å². The molecule has 1 N–H and O–H groups in total. The molecule has 132 valence electrons. The minimum Gasteiger partial charge on any atom is -0.454 e. The van der Waals surface area contributed by atoms with Gasteiger partial charge in [0.05, 0.1) is 11.4 Å². The molecule has 0 saturated carbocycles. The van der Waals surface area contributed by atoms with E-state index in [2.05, 4.69) is 42.6 Å². The van der Waals surface area contributed by atoms with Gasteiger partial charge in [-0.2, -0.15) is 5.10 Å². The molecule has 0 unspecified atom stereocenters. The number of aryl methyl sites for hydroxylation is 1. The van der Waals surface area contributed by atoms with Gasteiger partial charge in [-0.3, -0.25) is 0 Å². The Balaban J connectivity index is 1.68. The van der Waals surface area contributed by atoms with Gasteiger partial charge in [-0.05, 0) is 62.1 Å². The van der Waals surface area contributed by atoms with E-state index in [4.69, 9.17) is 14.6 Å². The molecule has 0 aliphatic carbocycles. The van der Waals surface area contributed by atoms with Gasteiger partial charge in [-0.15, -0.1) is 0 Å². The Morgan fingerprint density at radius 2 is 1.96 bits per heavy atom. The highest BCUT2D eigenvalue weighted by molar-refractivity contribution is 5.73. The van der Waals surface area contributed by atoms with Crippen molar-refractivity contribution in [2.24, 2.45) is 0 Å². The van der Waals surface area contributed by atoms with Crippen molar-refractivity contribution in [1.82, 2.24) is 9.78 Å². The van der Waals surface area contributed by atoms with E-state index in [1.54, 1.807) is 0 Å². The third-order valence-corrected chi connectivity index (χ3v) is 5.02. The first-order chi connectivity index (χ1) is 12.8. The lowest BCUT2D eigenvalue weighted by Crippen LogP contribution is -2.07. The van der Waals surface area contributed by atoms with E-state index >= 15 is 0 Å². The van der Waals surface area contributed by atoms with E-state index in [0.717, 1.165) is 53.6 Å². The monoisotopic (exact) mass is 347 g/mol. The summed E-state index contributed by atoms with van der Waals surface area (Å²) in [6, 6.07) is 14.5. The molecule has 0 atom stereocenters. The minimum atomic E-state index is 0.288. The molecular weight excluding hydrogens is 326 g/mol. The van der Waals surface area contributed by atoms with Gasteiger partial charge in [0.15, 0.2) is 11.5 Å². The maximum atomic E-state index is 5.56. The molecule has 2 aromatic carbocycles. The smallest absolute Gasteiger partial charge is 0.231 e. The second-order valence-electron chi connectivity index (χ2n) is 6.88. The topological polar surface area (TPSA) is 48.3 Å². The molecule has 5 rings (SSSR count). The van der Waals surface area contributed by atoms with Gasteiger partial charge in [0.2, 0.25) is 6.79 Å². The molecule has 2 aliphatic rings. The normalized spacial score (nSPS) is 15.3. The van der Waals surface area contributed by atoms with Gasteiger partial charge in [0, 0.05) is 17.7 Å². The lowest BCUT2D eigenvalue weighted by Gasteiger charge is -2.09. The zero-order valence-corrected chi connectivity index (χ0v) is 14.8. The van der Waals surface area contributed by atoms with Crippen molar-refractivity contribution < 1.29 is 9.47 Å². The number of hydrogen-bond acceptors (Lipinski definition) is 4. The number of benzene rings is 2. The maximum Gasteiger partial charge on any atom is 0.231 e. The summed E-state index contributed by atoms with van der Waals surface area (Å²) in [6.45, 7) is 3.37. The van der Waals surface area contributed by atoms with E-state index in [-0.39, 0.29) is 6.79 Å². The zero-order valence-electron chi connectivity index (χ0n) is 14.8. The van der Waals surface area contributed by atoms with Crippen molar-refractivity contribution in [2.75, 3.05) is 18.7 Å². The summed E-state index contributed by atoms with van der Waals surface area (Å²) in [5.74, 6) is 2.71. The molecule has 3 heterocycles. The van der Waals surface area contributed by atoms with Crippen LogP contribution in [0.2, 0.25) is 0 Å². The Morgan fingerprint density at radius 1 is 1.04 bits per heavy atom. The lowest BCUT2D eigenvalue weighted by atomic mass is 10.0.